The lowest BCUT2D eigenvalue weighted by Crippen LogP contribution is -2.29. The summed E-state index contributed by atoms with van der Waals surface area (Å²) in [6.45, 7) is -0.802. The van der Waals surface area contributed by atoms with Crippen molar-refractivity contribution in [3.63, 3.8) is 0 Å². The Hall–Kier alpha value is -2.78. The highest BCUT2D eigenvalue weighted by Crippen LogP contribution is 2.11. The minimum absolute atomic E-state index is 0.0327. The summed E-state index contributed by atoms with van der Waals surface area (Å²) in [5.41, 5.74) is 0. The number of carboxylic acid groups (broad SMARTS) is 1. The van der Waals surface area contributed by atoms with Gasteiger partial charge in [0, 0.05) is 0 Å². The van der Waals surface area contributed by atoms with Crippen LogP contribution in [0.2, 0.25) is 0 Å². The van der Waals surface area contributed by atoms with Crippen molar-refractivity contribution in [2.45, 2.75) is 18.3 Å². The number of carboxylic acids is 1. The molecule has 0 saturated heterocycles. The molecule has 0 aliphatic rings. The minimum Gasteiger partial charge on any atom is -0.491 e. The first-order valence-corrected chi connectivity index (χ1v) is 8.79. The van der Waals surface area contributed by atoms with E-state index in [0.717, 1.165) is 0 Å². The lowest BCUT2D eigenvalue weighted by molar-refractivity contribution is -0.143. The zero-order chi connectivity index (χ0) is 21.5. The number of ether oxygens (including phenoxy) is 2. The van der Waals surface area contributed by atoms with Crippen LogP contribution in [0.1, 0.15) is 0 Å². The van der Waals surface area contributed by atoms with Crippen molar-refractivity contribution in [3.8, 4) is 5.75 Å². The molecule has 0 aromatic heterocycles. The van der Waals surface area contributed by atoms with Crippen molar-refractivity contribution >= 4 is 5.97 Å². The highest BCUT2D eigenvalue weighted by Gasteiger charge is 2.13. The molecule has 158 valence electrons. The monoisotopic (exact) mass is 408 g/mol. The number of halogens is 1. The van der Waals surface area contributed by atoms with Gasteiger partial charge in [0.15, 0.2) is 0 Å². The number of aliphatic hydroxyl groups is 3. The Labute approximate surface area is 168 Å². The van der Waals surface area contributed by atoms with Crippen molar-refractivity contribution in [2.24, 2.45) is 0 Å². The van der Waals surface area contributed by atoms with Crippen molar-refractivity contribution < 1.29 is 39.1 Å². The Kier molecular flexibility index (Phi) is 11.9. The Morgan fingerprint density at radius 1 is 0.931 bits per heavy atom. The van der Waals surface area contributed by atoms with Gasteiger partial charge in [0.2, 0.25) is 0 Å². The Balaban J connectivity index is 2.24. The van der Waals surface area contributed by atoms with Crippen LogP contribution in [-0.4, -0.2) is 64.5 Å². The SMILES string of the molecule is O=C(O)COC[C@@H](O)[C@H](O)/C=C/C=C/C=C\C=C\[C@H](O)COc1ccc(F)cc1. The standard InChI is InChI=1S/C21H25FO7/c22-16-9-11-18(12-10-16)29-13-17(23)7-5-3-1-2-4-6-8-19(24)20(25)14-28-15-21(26)27/h1-12,17,19-20,23-25H,13-15H2,(H,26,27)/b3-1-,4-2+,7-5+,8-6+/t17-,19+,20+/m0/s1. The fraction of sp³-hybridized carbons (Fsp3) is 0.286. The molecular weight excluding hydrogens is 383 g/mol. The van der Waals surface area contributed by atoms with E-state index in [9.17, 15) is 24.5 Å². The molecule has 7 nitrogen and oxygen atoms in total. The average Bonchev–Trinajstić information content (AvgIpc) is 2.69. The number of hydrogen-bond donors (Lipinski definition) is 4. The largest absolute Gasteiger partial charge is 0.491 e. The maximum Gasteiger partial charge on any atom is 0.329 e. The molecule has 0 heterocycles. The van der Waals surface area contributed by atoms with E-state index in [1.165, 1.54) is 42.5 Å². The zero-order valence-corrected chi connectivity index (χ0v) is 15.7. The van der Waals surface area contributed by atoms with Gasteiger partial charge in [-0.25, -0.2) is 9.18 Å². The molecule has 4 N–H and O–H groups in total. The highest BCUT2D eigenvalue weighted by molar-refractivity contribution is 5.67. The molecule has 0 saturated carbocycles. The van der Waals surface area contributed by atoms with E-state index in [-0.39, 0.29) is 19.0 Å². The van der Waals surface area contributed by atoms with Gasteiger partial charge in [0.25, 0.3) is 0 Å². The van der Waals surface area contributed by atoms with Gasteiger partial charge in [-0.2, -0.15) is 0 Å². The highest BCUT2D eigenvalue weighted by atomic mass is 19.1. The number of allylic oxidation sites excluding steroid dienone is 6. The van der Waals surface area contributed by atoms with Crippen molar-refractivity contribution in [3.05, 3.63) is 78.7 Å². The summed E-state index contributed by atoms with van der Waals surface area (Å²) in [5, 5.41) is 37.4. The zero-order valence-electron chi connectivity index (χ0n) is 15.7. The molecule has 0 aliphatic carbocycles. The first kappa shape index (κ1) is 24.3. The number of aliphatic hydroxyl groups excluding tert-OH is 3. The number of hydrogen-bond acceptors (Lipinski definition) is 6. The molecule has 1 aromatic rings. The van der Waals surface area contributed by atoms with Crippen LogP contribution >= 0.6 is 0 Å². The van der Waals surface area contributed by atoms with Crippen LogP contribution in [0.3, 0.4) is 0 Å². The second kappa shape index (κ2) is 14.3. The number of benzene rings is 1. The van der Waals surface area contributed by atoms with Crippen LogP contribution in [0.25, 0.3) is 0 Å². The lowest BCUT2D eigenvalue weighted by Gasteiger charge is -2.13. The molecule has 3 atom stereocenters. The summed E-state index contributed by atoms with van der Waals surface area (Å²) in [4.78, 5) is 10.3. The van der Waals surface area contributed by atoms with Crippen LogP contribution in [0.4, 0.5) is 4.39 Å². The summed E-state index contributed by atoms with van der Waals surface area (Å²) in [6, 6.07) is 5.49. The van der Waals surface area contributed by atoms with E-state index in [4.69, 9.17) is 14.6 Å². The first-order valence-electron chi connectivity index (χ1n) is 8.79. The fourth-order valence-electron chi connectivity index (χ4n) is 1.89. The smallest absolute Gasteiger partial charge is 0.329 e. The van der Waals surface area contributed by atoms with Crippen molar-refractivity contribution in [1.82, 2.24) is 0 Å². The Bertz CT molecular complexity index is 710. The maximum atomic E-state index is 12.8. The van der Waals surface area contributed by atoms with Gasteiger partial charge in [-0.05, 0) is 24.3 Å². The van der Waals surface area contributed by atoms with E-state index in [0.29, 0.717) is 5.75 Å². The molecule has 0 aliphatic heterocycles. The van der Waals surface area contributed by atoms with Crippen LogP contribution in [0, 0.1) is 5.82 Å². The molecule has 0 amide bonds. The van der Waals surface area contributed by atoms with Gasteiger partial charge in [-0.3, -0.25) is 0 Å². The minimum atomic E-state index is -1.23. The molecule has 0 spiro atoms. The van der Waals surface area contributed by atoms with Crippen LogP contribution in [0.5, 0.6) is 5.75 Å². The molecule has 0 unspecified atom stereocenters. The molecule has 0 radical (unpaired) electrons. The normalized spacial score (nSPS) is 15.4. The number of aliphatic carboxylic acids is 1. The average molecular weight is 408 g/mol. The van der Waals surface area contributed by atoms with Crippen molar-refractivity contribution in [1.29, 1.82) is 0 Å². The van der Waals surface area contributed by atoms with E-state index in [2.05, 4.69) is 0 Å². The molecular formula is C21H25FO7. The van der Waals surface area contributed by atoms with Gasteiger partial charge in [-0.15, -0.1) is 0 Å². The predicted octanol–water partition coefficient (Wildman–Crippen LogP) is 1.61. The Morgan fingerprint density at radius 3 is 2.14 bits per heavy atom. The second-order valence-electron chi connectivity index (χ2n) is 5.84. The molecule has 0 fully saturated rings. The molecule has 8 heteroatoms. The molecule has 0 bridgehead atoms. The number of carbonyl (C=O) groups is 1. The summed E-state index contributed by atoms with van der Waals surface area (Å²) < 4.78 is 22.8. The second-order valence-corrected chi connectivity index (χ2v) is 5.84. The summed E-state index contributed by atoms with van der Waals surface area (Å²) in [6.07, 6.45) is 9.43. The molecule has 1 aromatic carbocycles. The lowest BCUT2D eigenvalue weighted by atomic mass is 10.2. The van der Waals surface area contributed by atoms with Crippen LogP contribution in [0.15, 0.2) is 72.9 Å². The third-order valence-electron chi connectivity index (χ3n) is 3.34. The van der Waals surface area contributed by atoms with E-state index in [1.807, 2.05) is 0 Å². The van der Waals surface area contributed by atoms with E-state index in [1.54, 1.807) is 30.4 Å². The maximum absolute atomic E-state index is 12.8. The summed E-state index contributed by atoms with van der Waals surface area (Å²) >= 11 is 0. The van der Waals surface area contributed by atoms with Crippen molar-refractivity contribution in [2.75, 3.05) is 19.8 Å². The van der Waals surface area contributed by atoms with Crippen LogP contribution < -0.4 is 4.74 Å². The van der Waals surface area contributed by atoms with E-state index < -0.39 is 30.9 Å². The molecule has 29 heavy (non-hydrogen) atoms. The summed E-state index contributed by atoms with van der Waals surface area (Å²) in [5.74, 6) is -1.05. The van der Waals surface area contributed by atoms with Gasteiger partial charge >= 0.3 is 5.97 Å². The van der Waals surface area contributed by atoms with Gasteiger partial charge in [0.05, 0.1) is 6.61 Å². The summed E-state index contributed by atoms with van der Waals surface area (Å²) in [7, 11) is 0. The first-order chi connectivity index (χ1) is 13.9. The predicted molar refractivity (Wildman–Crippen MR) is 105 cm³/mol. The quantitative estimate of drug-likeness (QED) is 0.367. The number of rotatable bonds is 13. The Morgan fingerprint density at radius 2 is 1.52 bits per heavy atom. The third-order valence-corrected chi connectivity index (χ3v) is 3.34. The third kappa shape index (κ3) is 12.3. The van der Waals surface area contributed by atoms with Gasteiger partial charge in [-0.1, -0.05) is 48.6 Å². The topological polar surface area (TPSA) is 116 Å². The van der Waals surface area contributed by atoms with Crippen LogP contribution in [-0.2, 0) is 9.53 Å². The molecule has 1 rings (SSSR count). The van der Waals surface area contributed by atoms with Gasteiger partial charge < -0.3 is 29.9 Å². The van der Waals surface area contributed by atoms with Gasteiger partial charge in [0.1, 0.15) is 43.1 Å². The van der Waals surface area contributed by atoms with E-state index >= 15 is 0 Å². The fourth-order valence-corrected chi connectivity index (χ4v) is 1.89.